The molecule has 0 N–H and O–H groups in total. The number of nitriles is 1. The smallest absolute Gasteiger partial charge is 0.158 e. The highest BCUT2D eigenvalue weighted by Gasteiger charge is 1.94. The number of hydrogen-bond donors (Lipinski definition) is 0. The number of hydrogen-bond acceptors (Lipinski definition) is 3. The van der Waals surface area contributed by atoms with Crippen molar-refractivity contribution in [3.8, 4) is 11.8 Å². The topological polar surface area (TPSA) is 45.4 Å². The van der Waals surface area contributed by atoms with Crippen molar-refractivity contribution >= 4 is 5.71 Å². The van der Waals surface area contributed by atoms with Crippen LogP contribution in [-0.4, -0.2) is 5.71 Å². The molecule has 0 heterocycles. The standard InChI is InChI=1S/C12H14N2O/c1-3-4-10(2)14-15-12-7-5-11(9-13)6-8-12/h5-8H,3-4H2,1-2H3/b14-10+. The van der Waals surface area contributed by atoms with Crippen LogP contribution in [0.25, 0.3) is 0 Å². The van der Waals surface area contributed by atoms with Crippen molar-refractivity contribution < 1.29 is 4.84 Å². The van der Waals surface area contributed by atoms with Gasteiger partial charge < -0.3 is 4.84 Å². The molecule has 0 fully saturated rings. The number of nitrogens with zero attached hydrogens (tertiary/aromatic N) is 2. The highest BCUT2D eigenvalue weighted by molar-refractivity contribution is 5.81. The molecule has 0 aliphatic carbocycles. The zero-order chi connectivity index (χ0) is 11.1. The van der Waals surface area contributed by atoms with Crippen molar-refractivity contribution in [1.82, 2.24) is 0 Å². The van der Waals surface area contributed by atoms with Gasteiger partial charge in [0.05, 0.1) is 17.3 Å². The van der Waals surface area contributed by atoms with Gasteiger partial charge in [-0.2, -0.15) is 5.26 Å². The van der Waals surface area contributed by atoms with Crippen LogP contribution in [0.1, 0.15) is 32.3 Å². The Morgan fingerprint density at radius 3 is 2.60 bits per heavy atom. The lowest BCUT2D eigenvalue weighted by Crippen LogP contribution is -1.94. The molecule has 0 aliphatic heterocycles. The molecule has 1 aromatic carbocycles. The van der Waals surface area contributed by atoms with E-state index in [-0.39, 0.29) is 0 Å². The molecule has 0 spiro atoms. The van der Waals surface area contributed by atoms with Gasteiger partial charge in [0.25, 0.3) is 0 Å². The molecule has 0 atom stereocenters. The molecule has 1 rings (SSSR count). The quantitative estimate of drug-likeness (QED) is 0.556. The van der Waals surface area contributed by atoms with E-state index in [1.165, 1.54) is 0 Å². The van der Waals surface area contributed by atoms with Gasteiger partial charge in [-0.15, -0.1) is 0 Å². The zero-order valence-corrected chi connectivity index (χ0v) is 9.03. The van der Waals surface area contributed by atoms with E-state index >= 15 is 0 Å². The monoisotopic (exact) mass is 202 g/mol. The van der Waals surface area contributed by atoms with E-state index in [1.807, 2.05) is 13.0 Å². The first-order valence-electron chi connectivity index (χ1n) is 4.97. The summed E-state index contributed by atoms with van der Waals surface area (Å²) in [7, 11) is 0. The molecule has 0 saturated heterocycles. The van der Waals surface area contributed by atoms with Crippen LogP contribution in [0.3, 0.4) is 0 Å². The predicted molar refractivity (Wildman–Crippen MR) is 59.8 cm³/mol. The fourth-order valence-electron chi connectivity index (χ4n) is 1.13. The first-order valence-corrected chi connectivity index (χ1v) is 4.97. The molecule has 0 amide bonds. The summed E-state index contributed by atoms with van der Waals surface area (Å²) in [5, 5.41) is 12.6. The van der Waals surface area contributed by atoms with Crippen molar-refractivity contribution in [3.05, 3.63) is 29.8 Å². The second-order valence-electron chi connectivity index (χ2n) is 3.30. The lowest BCUT2D eigenvalue weighted by molar-refractivity contribution is 0.339. The molecule has 0 aliphatic rings. The molecule has 78 valence electrons. The van der Waals surface area contributed by atoms with Crippen LogP contribution in [0.5, 0.6) is 5.75 Å². The van der Waals surface area contributed by atoms with Crippen LogP contribution < -0.4 is 4.84 Å². The second kappa shape index (κ2) is 5.82. The van der Waals surface area contributed by atoms with E-state index in [0.717, 1.165) is 18.6 Å². The Hall–Kier alpha value is -1.82. The third kappa shape index (κ3) is 3.82. The summed E-state index contributed by atoms with van der Waals surface area (Å²) < 4.78 is 0. The summed E-state index contributed by atoms with van der Waals surface area (Å²) in [4.78, 5) is 5.20. The molecule has 0 radical (unpaired) electrons. The minimum atomic E-state index is 0.622. The van der Waals surface area contributed by atoms with Crippen LogP contribution in [0.4, 0.5) is 0 Å². The van der Waals surface area contributed by atoms with Crippen molar-refractivity contribution in [2.24, 2.45) is 5.16 Å². The van der Waals surface area contributed by atoms with Gasteiger partial charge in [-0.1, -0.05) is 18.5 Å². The van der Waals surface area contributed by atoms with E-state index < -0.39 is 0 Å². The molecular weight excluding hydrogens is 188 g/mol. The SMILES string of the molecule is CCC/C(C)=N/Oc1ccc(C#N)cc1. The average molecular weight is 202 g/mol. The Morgan fingerprint density at radius 1 is 1.40 bits per heavy atom. The fraction of sp³-hybridized carbons (Fsp3) is 0.333. The van der Waals surface area contributed by atoms with Crippen LogP contribution in [0.2, 0.25) is 0 Å². The van der Waals surface area contributed by atoms with Crippen molar-refractivity contribution in [1.29, 1.82) is 5.26 Å². The minimum absolute atomic E-state index is 0.622. The lowest BCUT2D eigenvalue weighted by atomic mass is 10.2. The molecule has 3 heteroatoms. The van der Waals surface area contributed by atoms with Gasteiger partial charge in [0.2, 0.25) is 0 Å². The van der Waals surface area contributed by atoms with Crippen molar-refractivity contribution in [3.63, 3.8) is 0 Å². The number of rotatable bonds is 4. The minimum Gasteiger partial charge on any atom is -0.357 e. The molecule has 0 saturated carbocycles. The van der Waals surface area contributed by atoms with Crippen LogP contribution in [0, 0.1) is 11.3 Å². The molecule has 0 unspecified atom stereocenters. The Labute approximate surface area is 90.0 Å². The summed E-state index contributed by atoms with van der Waals surface area (Å²) >= 11 is 0. The molecule has 3 nitrogen and oxygen atoms in total. The third-order valence-corrected chi connectivity index (χ3v) is 1.90. The summed E-state index contributed by atoms with van der Waals surface area (Å²) in [6.07, 6.45) is 2.00. The van der Waals surface area contributed by atoms with E-state index in [9.17, 15) is 0 Å². The van der Waals surface area contributed by atoms with Gasteiger partial charge in [0.15, 0.2) is 5.75 Å². The van der Waals surface area contributed by atoms with Gasteiger partial charge in [-0.3, -0.25) is 0 Å². The molecule has 1 aromatic rings. The van der Waals surface area contributed by atoms with Gasteiger partial charge in [0.1, 0.15) is 0 Å². The van der Waals surface area contributed by atoms with Gasteiger partial charge in [-0.25, -0.2) is 0 Å². The van der Waals surface area contributed by atoms with Crippen molar-refractivity contribution in [2.45, 2.75) is 26.7 Å². The zero-order valence-electron chi connectivity index (χ0n) is 9.03. The maximum absolute atomic E-state index is 8.60. The maximum Gasteiger partial charge on any atom is 0.158 e. The maximum atomic E-state index is 8.60. The largest absolute Gasteiger partial charge is 0.357 e. The Balaban J connectivity index is 2.58. The molecule has 15 heavy (non-hydrogen) atoms. The highest BCUT2D eigenvalue weighted by atomic mass is 16.6. The number of oxime groups is 1. The average Bonchev–Trinajstić information content (AvgIpc) is 2.27. The fourth-order valence-corrected chi connectivity index (χ4v) is 1.13. The van der Waals surface area contributed by atoms with E-state index in [2.05, 4.69) is 12.1 Å². The van der Waals surface area contributed by atoms with Gasteiger partial charge in [-0.05, 0) is 37.6 Å². The first kappa shape index (κ1) is 11.3. The predicted octanol–water partition coefficient (Wildman–Crippen LogP) is 3.11. The number of benzene rings is 1. The van der Waals surface area contributed by atoms with E-state index in [0.29, 0.717) is 11.3 Å². The van der Waals surface area contributed by atoms with Crippen LogP contribution >= 0.6 is 0 Å². The van der Waals surface area contributed by atoms with Gasteiger partial charge >= 0.3 is 0 Å². The first-order chi connectivity index (χ1) is 7.26. The van der Waals surface area contributed by atoms with Crippen molar-refractivity contribution in [2.75, 3.05) is 0 Å². The van der Waals surface area contributed by atoms with Crippen LogP contribution in [-0.2, 0) is 0 Å². The Morgan fingerprint density at radius 2 is 2.07 bits per heavy atom. The summed E-state index contributed by atoms with van der Waals surface area (Å²) in [5.41, 5.74) is 1.60. The third-order valence-electron chi connectivity index (χ3n) is 1.90. The normalized spacial score (nSPS) is 10.9. The Kier molecular flexibility index (Phi) is 4.36. The summed E-state index contributed by atoms with van der Waals surface area (Å²) in [6.45, 7) is 4.04. The van der Waals surface area contributed by atoms with Crippen LogP contribution in [0.15, 0.2) is 29.4 Å². The highest BCUT2D eigenvalue weighted by Crippen LogP contribution is 2.11. The van der Waals surface area contributed by atoms with E-state index in [1.54, 1.807) is 24.3 Å². The molecule has 0 bridgehead atoms. The second-order valence-corrected chi connectivity index (χ2v) is 3.30. The molecule has 0 aromatic heterocycles. The van der Waals surface area contributed by atoms with E-state index in [4.69, 9.17) is 10.1 Å². The lowest BCUT2D eigenvalue weighted by Gasteiger charge is -2.00. The summed E-state index contributed by atoms with van der Waals surface area (Å²) in [6, 6.07) is 8.94. The Bertz CT molecular complexity index is 374. The summed E-state index contributed by atoms with van der Waals surface area (Å²) in [5.74, 6) is 0.657. The van der Waals surface area contributed by atoms with Gasteiger partial charge in [0, 0.05) is 0 Å². The molecular formula is C12H14N2O.